The van der Waals surface area contributed by atoms with Gasteiger partial charge in [-0.1, -0.05) is 43.3 Å². The van der Waals surface area contributed by atoms with Crippen molar-refractivity contribution in [2.45, 2.75) is 26.9 Å². The minimum atomic E-state index is 0.468. The smallest absolute Gasteiger partial charge is 0.189 e. The van der Waals surface area contributed by atoms with E-state index in [9.17, 15) is 0 Å². The lowest BCUT2D eigenvalue weighted by Crippen LogP contribution is -2.45. The minimum Gasteiger partial charge on any atom is -0.370 e. The van der Waals surface area contributed by atoms with Crippen LogP contribution in [0.1, 0.15) is 25.0 Å². The van der Waals surface area contributed by atoms with Crippen LogP contribution >= 0.6 is 0 Å². The average Bonchev–Trinajstić information content (AvgIpc) is 2.60. The van der Waals surface area contributed by atoms with Crippen molar-refractivity contribution in [2.75, 3.05) is 39.3 Å². The summed E-state index contributed by atoms with van der Waals surface area (Å²) in [6.07, 6.45) is 0. The van der Waals surface area contributed by atoms with Crippen LogP contribution in [0, 0.1) is 0 Å². The predicted molar refractivity (Wildman–Crippen MR) is 102 cm³/mol. The molecule has 0 saturated carbocycles. The number of nitrogens with zero attached hydrogens (tertiary/aromatic N) is 3. The number of rotatable bonds is 7. The average molecular weight is 329 g/mol. The number of likely N-dealkylation sites (N-methyl/N-ethyl adjacent to an activating group) is 1. The van der Waals surface area contributed by atoms with Crippen molar-refractivity contribution in [3.8, 4) is 0 Å². The number of hydrogen-bond donors (Lipinski definition) is 2. The van der Waals surface area contributed by atoms with Crippen LogP contribution in [0.15, 0.2) is 41.4 Å². The molecule has 0 aliphatic carbocycles. The summed E-state index contributed by atoms with van der Waals surface area (Å²) in [5, 5.41) is 3.04. The quantitative estimate of drug-likeness (QED) is 0.455. The normalized spacial score (nSPS) is 17.0. The first-order chi connectivity index (χ1) is 11.6. The van der Waals surface area contributed by atoms with Crippen LogP contribution in [0.5, 0.6) is 0 Å². The number of nitrogens with one attached hydrogen (secondary N) is 1. The van der Waals surface area contributed by atoms with Crippen molar-refractivity contribution >= 4 is 5.96 Å². The van der Waals surface area contributed by atoms with Crippen molar-refractivity contribution in [1.29, 1.82) is 0 Å². The Balaban J connectivity index is 1.78. The van der Waals surface area contributed by atoms with Gasteiger partial charge in [0.05, 0.1) is 6.54 Å². The lowest BCUT2D eigenvalue weighted by molar-refractivity contribution is 0.132. The molecular formula is C19H31N5. The summed E-state index contributed by atoms with van der Waals surface area (Å²) in [5.41, 5.74) is 9.41. The van der Waals surface area contributed by atoms with Crippen LogP contribution in [-0.2, 0) is 13.1 Å². The second-order valence-electron chi connectivity index (χ2n) is 6.54. The van der Waals surface area contributed by atoms with Crippen LogP contribution in [0.4, 0.5) is 0 Å². The zero-order valence-corrected chi connectivity index (χ0v) is 15.1. The number of piperazine rings is 1. The summed E-state index contributed by atoms with van der Waals surface area (Å²) in [7, 11) is 0. The van der Waals surface area contributed by atoms with Gasteiger partial charge in [-0.05, 0) is 24.6 Å². The Bertz CT molecular complexity index is 541. The van der Waals surface area contributed by atoms with Crippen LogP contribution in [0.2, 0.25) is 0 Å². The minimum absolute atomic E-state index is 0.468. The first-order valence-electron chi connectivity index (χ1n) is 8.77. The number of benzene rings is 1. The Morgan fingerprint density at radius 2 is 1.71 bits per heavy atom. The lowest BCUT2D eigenvalue weighted by atomic mass is 10.1. The second-order valence-corrected chi connectivity index (χ2v) is 6.54. The number of nitrogens with two attached hydrogens (primary N) is 1. The van der Waals surface area contributed by atoms with Crippen molar-refractivity contribution < 1.29 is 0 Å². The second kappa shape index (κ2) is 9.45. The monoisotopic (exact) mass is 329 g/mol. The summed E-state index contributed by atoms with van der Waals surface area (Å²) in [4.78, 5) is 9.39. The van der Waals surface area contributed by atoms with Gasteiger partial charge in [0.1, 0.15) is 0 Å². The third-order valence-corrected chi connectivity index (χ3v) is 4.34. The number of guanidine groups is 1. The maximum atomic E-state index is 5.83. The standard InChI is InChI=1S/C19H31N5/c1-4-23-9-11-24(12-10-23)15-18-7-5-17(6-8-18)14-22-19(20)21-13-16(2)3/h5-8H,2,4,9-15H2,1,3H3,(H3,20,21,22). The molecule has 1 aromatic rings. The van der Waals surface area contributed by atoms with E-state index < -0.39 is 0 Å². The number of hydrogen-bond acceptors (Lipinski definition) is 3. The molecule has 1 saturated heterocycles. The highest BCUT2D eigenvalue weighted by Crippen LogP contribution is 2.10. The fourth-order valence-corrected chi connectivity index (χ4v) is 2.75. The lowest BCUT2D eigenvalue weighted by Gasteiger charge is -2.34. The molecule has 0 unspecified atom stereocenters. The summed E-state index contributed by atoms with van der Waals surface area (Å²) < 4.78 is 0. The third kappa shape index (κ3) is 6.34. The molecule has 1 aliphatic rings. The Labute approximate surface area is 146 Å². The van der Waals surface area contributed by atoms with Gasteiger partial charge in [0.15, 0.2) is 5.96 Å². The van der Waals surface area contributed by atoms with Gasteiger partial charge < -0.3 is 16.0 Å². The van der Waals surface area contributed by atoms with Crippen molar-refractivity contribution in [2.24, 2.45) is 10.7 Å². The van der Waals surface area contributed by atoms with E-state index in [1.54, 1.807) is 0 Å². The summed E-state index contributed by atoms with van der Waals surface area (Å²) in [6, 6.07) is 8.70. The molecule has 24 heavy (non-hydrogen) atoms. The zero-order chi connectivity index (χ0) is 17.4. The zero-order valence-electron chi connectivity index (χ0n) is 15.1. The molecule has 5 nitrogen and oxygen atoms in total. The fraction of sp³-hybridized carbons (Fsp3) is 0.526. The van der Waals surface area contributed by atoms with Crippen molar-refractivity contribution in [3.05, 3.63) is 47.5 Å². The molecule has 3 N–H and O–H groups in total. The van der Waals surface area contributed by atoms with E-state index in [-0.39, 0.29) is 0 Å². The molecule has 1 heterocycles. The maximum Gasteiger partial charge on any atom is 0.189 e. The van der Waals surface area contributed by atoms with Crippen molar-refractivity contribution in [1.82, 2.24) is 15.1 Å². The molecule has 1 fully saturated rings. The van der Waals surface area contributed by atoms with Crippen LogP contribution < -0.4 is 11.1 Å². The number of aliphatic imine (C=N–C) groups is 1. The van der Waals surface area contributed by atoms with Crippen molar-refractivity contribution in [3.63, 3.8) is 0 Å². The van der Waals surface area contributed by atoms with Crippen LogP contribution in [0.25, 0.3) is 0 Å². The molecule has 0 radical (unpaired) electrons. The SMILES string of the molecule is C=C(C)CNC(N)=NCc1ccc(CN2CCN(CC)CC2)cc1. The molecular weight excluding hydrogens is 298 g/mol. The van der Waals surface area contributed by atoms with Gasteiger partial charge in [-0.3, -0.25) is 4.90 Å². The Hall–Kier alpha value is -1.85. The van der Waals surface area contributed by atoms with Gasteiger partial charge in [-0.2, -0.15) is 0 Å². The molecule has 0 aromatic heterocycles. The molecule has 1 aliphatic heterocycles. The third-order valence-electron chi connectivity index (χ3n) is 4.34. The Morgan fingerprint density at radius 1 is 1.12 bits per heavy atom. The molecule has 0 bridgehead atoms. The Morgan fingerprint density at radius 3 is 2.29 bits per heavy atom. The van der Waals surface area contributed by atoms with Crippen LogP contribution in [0.3, 0.4) is 0 Å². The first-order valence-corrected chi connectivity index (χ1v) is 8.77. The van der Waals surface area contributed by atoms with E-state index in [2.05, 4.69) is 57.9 Å². The summed E-state index contributed by atoms with van der Waals surface area (Å²) in [6.45, 7) is 16.2. The summed E-state index contributed by atoms with van der Waals surface area (Å²) in [5.74, 6) is 0.468. The Kier molecular flexibility index (Phi) is 7.28. The highest BCUT2D eigenvalue weighted by Gasteiger charge is 2.15. The highest BCUT2D eigenvalue weighted by atomic mass is 15.3. The van der Waals surface area contributed by atoms with E-state index >= 15 is 0 Å². The van der Waals surface area contributed by atoms with E-state index in [4.69, 9.17) is 5.73 Å². The van der Waals surface area contributed by atoms with Gasteiger partial charge in [-0.15, -0.1) is 0 Å². The molecule has 0 atom stereocenters. The van der Waals surface area contributed by atoms with E-state index in [0.717, 1.165) is 31.8 Å². The largest absolute Gasteiger partial charge is 0.370 e. The predicted octanol–water partition coefficient (Wildman–Crippen LogP) is 1.80. The van der Waals surface area contributed by atoms with Gasteiger partial charge in [0.25, 0.3) is 0 Å². The van der Waals surface area contributed by atoms with Gasteiger partial charge >= 0.3 is 0 Å². The molecule has 132 valence electrons. The fourth-order valence-electron chi connectivity index (χ4n) is 2.75. The molecule has 0 spiro atoms. The van der Waals surface area contributed by atoms with E-state index in [1.807, 2.05) is 6.92 Å². The highest BCUT2D eigenvalue weighted by molar-refractivity contribution is 5.78. The molecule has 1 aromatic carbocycles. The van der Waals surface area contributed by atoms with Gasteiger partial charge in [0.2, 0.25) is 0 Å². The van der Waals surface area contributed by atoms with Crippen LogP contribution in [-0.4, -0.2) is 55.0 Å². The van der Waals surface area contributed by atoms with Gasteiger partial charge in [0, 0.05) is 39.3 Å². The molecule has 2 rings (SSSR count). The molecule has 0 amide bonds. The molecule has 5 heteroatoms. The van der Waals surface area contributed by atoms with Gasteiger partial charge in [-0.25, -0.2) is 4.99 Å². The summed E-state index contributed by atoms with van der Waals surface area (Å²) >= 11 is 0. The maximum absolute atomic E-state index is 5.83. The topological polar surface area (TPSA) is 56.9 Å². The van der Waals surface area contributed by atoms with E-state index in [1.165, 1.54) is 24.2 Å². The first kappa shape index (κ1) is 18.5. The van der Waals surface area contributed by atoms with E-state index in [0.29, 0.717) is 19.0 Å².